The summed E-state index contributed by atoms with van der Waals surface area (Å²) in [7, 11) is 0. The van der Waals surface area contributed by atoms with E-state index in [4.69, 9.17) is 4.74 Å². The summed E-state index contributed by atoms with van der Waals surface area (Å²) in [6.45, 7) is 7.10. The first kappa shape index (κ1) is 23.0. The molecule has 3 heterocycles. The molecule has 2 fully saturated rings. The largest absolute Gasteiger partial charge is 0.450 e. The molecule has 8 heteroatoms. The third-order valence-electron chi connectivity index (χ3n) is 6.41. The number of carbonyl (C=O) groups excluding carboxylic acids is 2. The van der Waals surface area contributed by atoms with E-state index < -0.39 is 0 Å². The van der Waals surface area contributed by atoms with E-state index in [1.54, 1.807) is 11.8 Å². The molecule has 2 aromatic rings. The van der Waals surface area contributed by atoms with Gasteiger partial charge in [0.05, 0.1) is 6.61 Å². The van der Waals surface area contributed by atoms with Gasteiger partial charge in [0.15, 0.2) is 0 Å². The van der Waals surface area contributed by atoms with E-state index in [-0.39, 0.29) is 12.0 Å². The summed E-state index contributed by atoms with van der Waals surface area (Å²) in [5.74, 6) is 0.0177. The van der Waals surface area contributed by atoms with Crippen molar-refractivity contribution < 1.29 is 14.3 Å². The standard InChI is InChI=1S/C25H33N5O3/c1-2-33-25(32)30-17-15-29(16-18-30)24(31)21-3-5-23(6-4-21)28-13-9-22(10-14-28)27-19-20-7-11-26-12-8-20/h3-8,11-12,22,27H,2,9-10,13-19H2,1H3. The van der Waals surface area contributed by atoms with Crippen LogP contribution in [-0.4, -0.2) is 78.7 Å². The summed E-state index contributed by atoms with van der Waals surface area (Å²) in [6.07, 6.45) is 5.55. The molecule has 0 aliphatic carbocycles. The number of hydrogen-bond donors (Lipinski definition) is 1. The van der Waals surface area contributed by atoms with E-state index in [1.165, 1.54) is 5.56 Å². The Morgan fingerprint density at radius 1 is 0.939 bits per heavy atom. The zero-order valence-electron chi connectivity index (χ0n) is 19.3. The highest BCUT2D eigenvalue weighted by molar-refractivity contribution is 5.94. The van der Waals surface area contributed by atoms with E-state index in [1.807, 2.05) is 53.7 Å². The number of aromatic nitrogens is 1. The van der Waals surface area contributed by atoms with Crippen molar-refractivity contribution >= 4 is 17.7 Å². The second-order valence-electron chi connectivity index (χ2n) is 8.52. The number of carbonyl (C=O) groups is 2. The quantitative estimate of drug-likeness (QED) is 0.728. The zero-order chi connectivity index (χ0) is 23.0. The normalized spacial score (nSPS) is 17.2. The first-order valence-electron chi connectivity index (χ1n) is 11.8. The number of hydrogen-bond acceptors (Lipinski definition) is 6. The van der Waals surface area contributed by atoms with E-state index >= 15 is 0 Å². The molecule has 0 spiro atoms. The van der Waals surface area contributed by atoms with Crippen molar-refractivity contribution in [1.29, 1.82) is 0 Å². The number of nitrogens with one attached hydrogen (secondary N) is 1. The van der Waals surface area contributed by atoms with Gasteiger partial charge in [0.25, 0.3) is 5.91 Å². The number of ether oxygens (including phenoxy) is 1. The number of piperazine rings is 1. The van der Waals surface area contributed by atoms with Gasteiger partial charge < -0.3 is 24.8 Å². The van der Waals surface area contributed by atoms with E-state index in [0.717, 1.165) is 38.2 Å². The maximum Gasteiger partial charge on any atom is 0.409 e. The lowest BCUT2D eigenvalue weighted by Gasteiger charge is -2.35. The van der Waals surface area contributed by atoms with Crippen molar-refractivity contribution in [1.82, 2.24) is 20.1 Å². The highest BCUT2D eigenvalue weighted by atomic mass is 16.6. The summed E-state index contributed by atoms with van der Waals surface area (Å²) < 4.78 is 5.05. The summed E-state index contributed by atoms with van der Waals surface area (Å²) in [6, 6.07) is 12.5. The predicted molar refractivity (Wildman–Crippen MR) is 127 cm³/mol. The second-order valence-corrected chi connectivity index (χ2v) is 8.52. The average molecular weight is 452 g/mol. The monoisotopic (exact) mass is 451 g/mol. The van der Waals surface area contributed by atoms with Crippen molar-refractivity contribution in [3.05, 3.63) is 59.9 Å². The van der Waals surface area contributed by atoms with Crippen LogP contribution < -0.4 is 10.2 Å². The average Bonchev–Trinajstić information content (AvgIpc) is 2.88. The van der Waals surface area contributed by atoms with Crippen LogP contribution in [0.3, 0.4) is 0 Å². The minimum absolute atomic E-state index is 0.0177. The molecule has 1 aromatic heterocycles. The Bertz CT molecular complexity index is 905. The fraction of sp³-hybridized carbons (Fsp3) is 0.480. The molecule has 2 aliphatic rings. The maximum absolute atomic E-state index is 12.9. The van der Waals surface area contributed by atoms with E-state index in [0.29, 0.717) is 44.4 Å². The molecule has 8 nitrogen and oxygen atoms in total. The third-order valence-corrected chi connectivity index (χ3v) is 6.41. The SMILES string of the molecule is CCOC(=O)N1CCN(C(=O)c2ccc(N3CCC(NCc4ccncc4)CC3)cc2)CC1. The van der Waals surface area contributed by atoms with Gasteiger partial charge in [-0.3, -0.25) is 9.78 Å². The molecule has 2 saturated heterocycles. The van der Waals surface area contributed by atoms with Gasteiger partial charge in [0, 0.05) is 75.5 Å². The van der Waals surface area contributed by atoms with Gasteiger partial charge in [-0.15, -0.1) is 0 Å². The van der Waals surface area contributed by atoms with Crippen LogP contribution in [-0.2, 0) is 11.3 Å². The lowest BCUT2D eigenvalue weighted by atomic mass is 10.0. The minimum Gasteiger partial charge on any atom is -0.450 e. The molecule has 33 heavy (non-hydrogen) atoms. The number of rotatable bonds is 6. The van der Waals surface area contributed by atoms with Crippen LogP contribution in [0.15, 0.2) is 48.8 Å². The number of amides is 2. The van der Waals surface area contributed by atoms with Crippen LogP contribution in [0.2, 0.25) is 0 Å². The van der Waals surface area contributed by atoms with Gasteiger partial charge in [-0.1, -0.05) is 0 Å². The smallest absolute Gasteiger partial charge is 0.409 e. The van der Waals surface area contributed by atoms with Crippen molar-refractivity contribution in [2.45, 2.75) is 32.4 Å². The molecule has 0 unspecified atom stereocenters. The lowest BCUT2D eigenvalue weighted by molar-refractivity contribution is 0.0570. The Hall–Kier alpha value is -3.13. The lowest BCUT2D eigenvalue weighted by Crippen LogP contribution is -2.50. The highest BCUT2D eigenvalue weighted by Crippen LogP contribution is 2.22. The summed E-state index contributed by atoms with van der Waals surface area (Å²) in [4.78, 5) is 34.7. The first-order chi connectivity index (χ1) is 16.1. The van der Waals surface area contributed by atoms with Gasteiger partial charge >= 0.3 is 6.09 Å². The molecular formula is C25H33N5O3. The van der Waals surface area contributed by atoms with Crippen molar-refractivity contribution in [3.8, 4) is 0 Å². The highest BCUT2D eigenvalue weighted by Gasteiger charge is 2.26. The summed E-state index contributed by atoms with van der Waals surface area (Å²) >= 11 is 0. The number of piperidine rings is 1. The van der Waals surface area contributed by atoms with Gasteiger partial charge in [-0.05, 0) is 61.7 Å². The van der Waals surface area contributed by atoms with E-state index in [2.05, 4.69) is 15.2 Å². The second kappa shape index (κ2) is 11.1. The summed E-state index contributed by atoms with van der Waals surface area (Å²) in [5.41, 5.74) is 3.11. The van der Waals surface area contributed by atoms with E-state index in [9.17, 15) is 9.59 Å². The van der Waals surface area contributed by atoms with Gasteiger partial charge in [-0.2, -0.15) is 0 Å². The van der Waals surface area contributed by atoms with Crippen LogP contribution in [0.5, 0.6) is 0 Å². The molecule has 0 atom stereocenters. The molecule has 176 valence electrons. The van der Waals surface area contributed by atoms with Crippen LogP contribution in [0.4, 0.5) is 10.5 Å². The first-order valence-corrected chi connectivity index (χ1v) is 11.8. The van der Waals surface area contributed by atoms with Crippen molar-refractivity contribution in [2.75, 3.05) is 50.8 Å². The number of anilines is 1. The Labute approximate surface area is 195 Å². The molecule has 2 aliphatic heterocycles. The molecular weight excluding hydrogens is 418 g/mol. The van der Waals surface area contributed by atoms with Crippen molar-refractivity contribution in [3.63, 3.8) is 0 Å². The van der Waals surface area contributed by atoms with Crippen molar-refractivity contribution in [2.24, 2.45) is 0 Å². The number of nitrogens with zero attached hydrogens (tertiary/aromatic N) is 4. The molecule has 2 amide bonds. The molecule has 0 saturated carbocycles. The molecule has 4 rings (SSSR count). The van der Waals surface area contributed by atoms with Gasteiger partial charge in [-0.25, -0.2) is 4.79 Å². The minimum atomic E-state index is -0.301. The Morgan fingerprint density at radius 2 is 1.58 bits per heavy atom. The predicted octanol–water partition coefficient (Wildman–Crippen LogP) is 2.75. The Morgan fingerprint density at radius 3 is 2.21 bits per heavy atom. The third kappa shape index (κ3) is 6.01. The van der Waals surface area contributed by atoms with Gasteiger partial charge in [0.1, 0.15) is 0 Å². The fourth-order valence-electron chi connectivity index (χ4n) is 4.41. The topological polar surface area (TPSA) is 78.0 Å². The fourth-order valence-corrected chi connectivity index (χ4v) is 4.41. The molecule has 0 radical (unpaired) electrons. The van der Waals surface area contributed by atoms with Crippen LogP contribution in [0.25, 0.3) is 0 Å². The molecule has 1 aromatic carbocycles. The van der Waals surface area contributed by atoms with Crippen LogP contribution in [0.1, 0.15) is 35.7 Å². The number of pyridine rings is 1. The Kier molecular flexibility index (Phi) is 7.78. The van der Waals surface area contributed by atoms with Gasteiger partial charge in [0.2, 0.25) is 0 Å². The molecule has 0 bridgehead atoms. The maximum atomic E-state index is 12.9. The zero-order valence-corrected chi connectivity index (χ0v) is 19.3. The van der Waals surface area contributed by atoms with Crippen LogP contribution >= 0.6 is 0 Å². The summed E-state index contributed by atoms with van der Waals surface area (Å²) in [5, 5.41) is 3.65. The Balaban J connectivity index is 1.23. The van der Waals surface area contributed by atoms with Crippen LogP contribution in [0, 0.1) is 0 Å². The number of benzene rings is 1. The molecule has 1 N–H and O–H groups in total.